The van der Waals surface area contributed by atoms with Gasteiger partial charge in [0.15, 0.2) is 0 Å². The maximum Gasteiger partial charge on any atom is 1.00 e. The Bertz CT molecular complexity index is 1260. The van der Waals surface area contributed by atoms with Crippen LogP contribution in [0.15, 0.2) is 53.4 Å². The van der Waals surface area contributed by atoms with E-state index in [0.29, 0.717) is 13.1 Å². The van der Waals surface area contributed by atoms with Crippen LogP contribution in [0, 0.1) is 0 Å². The minimum Gasteiger partial charge on any atom is -0.850 e. The maximum atomic E-state index is 11.9. The van der Waals surface area contributed by atoms with Gasteiger partial charge in [0.25, 0.3) is 11.9 Å². The molecular weight excluding hydrogens is 886 g/mol. The normalized spacial score (nSPS) is 13.4. The van der Waals surface area contributed by atoms with E-state index in [9.17, 15) is 14.7 Å². The number of rotatable bonds is 1. The second-order valence-electron chi connectivity index (χ2n) is 14.2. The number of carbonyl (C=O) groups excluding carboxylic acids is 2. The van der Waals surface area contributed by atoms with Crippen LogP contribution in [0.1, 0.15) is 76.2 Å². The molecule has 2 amide bonds. The van der Waals surface area contributed by atoms with Crippen molar-refractivity contribution >= 4 is 45.9 Å². The van der Waals surface area contributed by atoms with Crippen molar-refractivity contribution in [2.24, 2.45) is 0 Å². The third-order valence-electron chi connectivity index (χ3n) is 5.30. The molecule has 0 aromatic carbocycles. The van der Waals surface area contributed by atoms with Crippen LogP contribution in [-0.2, 0) is 39.5 Å². The third-order valence-corrected chi connectivity index (χ3v) is 5.77. The molecule has 15 nitrogen and oxygen atoms in total. The summed E-state index contributed by atoms with van der Waals surface area (Å²) in [6.07, 6.45) is 3.10. The topological polar surface area (TPSA) is 198 Å². The molecule has 2 aromatic rings. The number of carbonyl (C=O) groups is 4. The number of carboxylic acid groups (broad SMARTS) is 2. The first-order valence-corrected chi connectivity index (χ1v) is 17.6. The summed E-state index contributed by atoms with van der Waals surface area (Å²) in [7, 11) is 0. The molecule has 0 bridgehead atoms. The Balaban J connectivity index is -0.000000310. The van der Waals surface area contributed by atoms with Crippen LogP contribution in [0.2, 0.25) is 0 Å². The molecule has 18 heteroatoms. The first-order valence-electron chi connectivity index (χ1n) is 16.8. The number of carboxylic acids is 2. The van der Waals surface area contributed by atoms with Gasteiger partial charge in [-0.15, -0.1) is 5.60 Å². The number of nitrogens with zero attached hydrogens (tertiary/aromatic N) is 5. The quantitative estimate of drug-likeness (QED) is 0.278. The van der Waals surface area contributed by atoms with E-state index in [-0.39, 0.29) is 89.6 Å². The van der Waals surface area contributed by atoms with Crippen LogP contribution in [0.3, 0.4) is 0 Å². The molecule has 306 valence electrons. The van der Waals surface area contributed by atoms with Crippen LogP contribution in [0.25, 0.3) is 0 Å². The molecule has 0 radical (unpaired) electrons. The average Bonchev–Trinajstić information content (AvgIpc) is 3.00. The van der Waals surface area contributed by atoms with Gasteiger partial charge in [-0.2, -0.15) is 0 Å². The Morgan fingerprint density at radius 3 is 1.33 bits per heavy atom. The predicted molar refractivity (Wildman–Crippen MR) is 203 cm³/mol. The van der Waals surface area contributed by atoms with E-state index in [4.69, 9.17) is 29.3 Å². The molecule has 2 fully saturated rings. The number of hydrogen-bond acceptors (Lipinski definition) is 11. The fourth-order valence-corrected chi connectivity index (χ4v) is 3.77. The molecule has 4 heterocycles. The second-order valence-corrected chi connectivity index (χ2v) is 15.0. The number of pyridine rings is 2. The second kappa shape index (κ2) is 31.4. The standard InChI is InChI=1S/C14H21N3O2.C9H18N2O2.C5H4BrN.C4H9O.2C2H4O2.K.Pd/c1-14(2,3)19-13(18)17-10-8-16(9-11-17)12-6-4-5-7-15-12;1-9(2,3)13-8(12)11-6-4-10-5-7-11;6-5-3-1-2-4-7-5;1-4(2,3)5;2*1-2(3)4;;/h4-7H,8-11H2,1-3H3;10H,4-7H2,1-3H3;1-4H;1-3H3;2*1H3,(H,3,4);;/q;;;-1;;;+1;. The van der Waals surface area contributed by atoms with Gasteiger partial charge in [0.1, 0.15) is 21.6 Å². The molecule has 2 aliphatic rings. The fourth-order valence-electron chi connectivity index (χ4n) is 3.50. The van der Waals surface area contributed by atoms with Gasteiger partial charge in [0.2, 0.25) is 0 Å². The number of nitrogens with one attached hydrogen (secondary N) is 1. The van der Waals surface area contributed by atoms with Crippen molar-refractivity contribution in [3.63, 3.8) is 0 Å². The van der Waals surface area contributed by atoms with Gasteiger partial charge < -0.3 is 44.8 Å². The fraction of sp³-hybridized carbons (Fsp3) is 0.611. The van der Waals surface area contributed by atoms with E-state index in [0.717, 1.165) is 63.5 Å². The Morgan fingerprint density at radius 1 is 0.704 bits per heavy atom. The summed E-state index contributed by atoms with van der Waals surface area (Å²) in [5, 5.41) is 28.1. The molecule has 2 aromatic heterocycles. The van der Waals surface area contributed by atoms with Crippen molar-refractivity contribution in [3.05, 3.63) is 53.4 Å². The summed E-state index contributed by atoms with van der Waals surface area (Å²) in [4.78, 5) is 55.3. The van der Waals surface area contributed by atoms with Crippen molar-refractivity contribution in [1.82, 2.24) is 25.1 Å². The van der Waals surface area contributed by atoms with Crippen LogP contribution in [-0.4, -0.2) is 123 Å². The molecule has 2 saturated heterocycles. The van der Waals surface area contributed by atoms with E-state index in [1.165, 1.54) is 0 Å². The van der Waals surface area contributed by atoms with Crippen molar-refractivity contribution in [1.29, 1.82) is 0 Å². The zero-order chi connectivity index (χ0) is 40.5. The largest absolute Gasteiger partial charge is 1.00 e. The van der Waals surface area contributed by atoms with E-state index in [1.54, 1.807) is 43.0 Å². The molecule has 2 aliphatic heterocycles. The molecule has 4 rings (SSSR count). The minimum absolute atomic E-state index is 0. The van der Waals surface area contributed by atoms with E-state index in [1.807, 2.05) is 77.9 Å². The molecular formula is C36H60BrKN6O9Pd. The number of amides is 2. The molecule has 54 heavy (non-hydrogen) atoms. The van der Waals surface area contributed by atoms with Crippen LogP contribution < -0.4 is 66.7 Å². The molecule has 0 atom stereocenters. The summed E-state index contributed by atoms with van der Waals surface area (Å²) in [5.41, 5.74) is -1.57. The number of aliphatic carboxylic acids is 2. The molecule has 3 N–H and O–H groups in total. The molecule has 0 spiro atoms. The van der Waals surface area contributed by atoms with Gasteiger partial charge in [-0.3, -0.25) is 9.59 Å². The Morgan fingerprint density at radius 2 is 1.06 bits per heavy atom. The summed E-state index contributed by atoms with van der Waals surface area (Å²) < 4.78 is 11.5. The van der Waals surface area contributed by atoms with E-state index < -0.39 is 23.1 Å². The molecule has 0 saturated carbocycles. The van der Waals surface area contributed by atoms with E-state index in [2.05, 4.69) is 36.1 Å². The summed E-state index contributed by atoms with van der Waals surface area (Å²) >= 11 is 3.20. The number of halogens is 1. The number of piperazine rings is 2. The monoisotopic (exact) mass is 944 g/mol. The SMILES string of the molecule is Brc1ccccn1.CC(=O)O.CC(=O)O.CC(C)(C)OC(=O)N1CCN(c2ccccn2)CC1.CC(C)(C)OC(=O)N1CCNCC1.CC(C)(C)[O-].[K+].[Pd]. The Labute approximate surface area is 386 Å². The van der Waals surface area contributed by atoms with Crippen molar-refractivity contribution in [2.75, 3.05) is 57.3 Å². The first-order chi connectivity index (χ1) is 23.8. The number of hydrogen-bond donors (Lipinski definition) is 3. The van der Waals surface area contributed by atoms with Gasteiger partial charge in [-0.05, 0) is 81.7 Å². The van der Waals surface area contributed by atoms with Gasteiger partial charge >= 0.3 is 63.6 Å². The zero-order valence-electron chi connectivity index (χ0n) is 34.0. The van der Waals surface area contributed by atoms with Gasteiger partial charge in [0, 0.05) is 99.0 Å². The van der Waals surface area contributed by atoms with E-state index >= 15 is 0 Å². The van der Waals surface area contributed by atoms with Crippen molar-refractivity contribution in [3.8, 4) is 0 Å². The maximum absolute atomic E-state index is 11.9. The third kappa shape index (κ3) is 41.4. The summed E-state index contributed by atoms with van der Waals surface area (Å²) in [5.74, 6) is -0.702. The summed E-state index contributed by atoms with van der Waals surface area (Å²) in [6, 6.07) is 11.6. The summed E-state index contributed by atoms with van der Waals surface area (Å²) in [6.45, 7) is 24.5. The average molecular weight is 946 g/mol. The van der Waals surface area contributed by atoms with Gasteiger partial charge in [0.05, 0.1) is 0 Å². The molecule has 0 aliphatic carbocycles. The predicted octanol–water partition coefficient (Wildman–Crippen LogP) is 2.14. The van der Waals surface area contributed by atoms with Crippen molar-refractivity contribution < 1.29 is 116 Å². The van der Waals surface area contributed by atoms with Gasteiger partial charge in [-0.25, -0.2) is 19.6 Å². The minimum atomic E-state index is -0.833. The van der Waals surface area contributed by atoms with Crippen LogP contribution in [0.5, 0.6) is 0 Å². The van der Waals surface area contributed by atoms with Crippen LogP contribution >= 0.6 is 15.9 Å². The Hall–Kier alpha value is -1.72. The first kappa shape index (κ1) is 59.0. The number of ether oxygens (including phenoxy) is 2. The zero-order valence-corrected chi connectivity index (χ0v) is 40.2. The van der Waals surface area contributed by atoms with Crippen LogP contribution in [0.4, 0.5) is 15.4 Å². The number of aromatic nitrogens is 2. The van der Waals surface area contributed by atoms with Gasteiger partial charge in [-0.1, -0.05) is 32.9 Å². The molecule has 0 unspecified atom stereocenters. The smallest absolute Gasteiger partial charge is 0.850 e. The van der Waals surface area contributed by atoms with Crippen molar-refractivity contribution in [2.45, 2.75) is 93.0 Å². The number of anilines is 1. The Kier molecular flexibility index (Phi) is 34.3.